The highest BCUT2D eigenvalue weighted by atomic mass is 35.5. The molecule has 1 aromatic heterocycles. The van der Waals surface area contributed by atoms with Gasteiger partial charge in [0.25, 0.3) is 5.56 Å². The van der Waals surface area contributed by atoms with E-state index < -0.39 is 23.4 Å². The first kappa shape index (κ1) is 25.9. The second-order valence-corrected chi connectivity index (χ2v) is 9.24. The highest BCUT2D eigenvalue weighted by molar-refractivity contribution is 6.36. The van der Waals surface area contributed by atoms with Crippen molar-refractivity contribution >= 4 is 34.3 Å². The van der Waals surface area contributed by atoms with E-state index in [0.29, 0.717) is 5.75 Å². The highest BCUT2D eigenvalue weighted by Crippen LogP contribution is 2.31. The second-order valence-electron chi connectivity index (χ2n) is 8.86. The van der Waals surface area contributed by atoms with Gasteiger partial charge in [0.1, 0.15) is 16.8 Å². The van der Waals surface area contributed by atoms with Gasteiger partial charge in [0, 0.05) is 6.42 Å². The lowest BCUT2D eigenvalue weighted by Gasteiger charge is -2.20. The van der Waals surface area contributed by atoms with Gasteiger partial charge in [-0.25, -0.2) is 4.98 Å². The van der Waals surface area contributed by atoms with E-state index in [4.69, 9.17) is 22.1 Å². The van der Waals surface area contributed by atoms with Crippen molar-refractivity contribution in [3.05, 3.63) is 94.0 Å². The third kappa shape index (κ3) is 5.98. The van der Waals surface area contributed by atoms with Crippen molar-refractivity contribution in [1.82, 2.24) is 14.9 Å². The lowest BCUT2D eigenvalue weighted by molar-refractivity contribution is -0.127. The number of benzene rings is 3. The number of hydrogen-bond donors (Lipinski definition) is 2. The Morgan fingerprint density at radius 1 is 1.03 bits per heavy atom. The van der Waals surface area contributed by atoms with Gasteiger partial charge in [0.15, 0.2) is 0 Å². The van der Waals surface area contributed by atoms with Gasteiger partial charge in [-0.15, -0.1) is 0 Å². The van der Waals surface area contributed by atoms with E-state index in [1.165, 1.54) is 10.9 Å². The van der Waals surface area contributed by atoms with Crippen LogP contribution in [-0.2, 0) is 16.0 Å². The largest absolute Gasteiger partial charge is 0.489 e. The fourth-order valence-electron chi connectivity index (χ4n) is 4.02. The van der Waals surface area contributed by atoms with E-state index in [9.17, 15) is 14.4 Å². The van der Waals surface area contributed by atoms with Gasteiger partial charge < -0.3 is 15.8 Å². The molecule has 0 radical (unpaired) electrons. The average molecular weight is 519 g/mol. The zero-order chi connectivity index (χ0) is 26.5. The Kier molecular flexibility index (Phi) is 7.89. The maximum absolute atomic E-state index is 13.5. The van der Waals surface area contributed by atoms with Crippen molar-refractivity contribution in [2.45, 2.75) is 32.4 Å². The number of rotatable bonds is 9. The minimum atomic E-state index is -0.975. The number of amides is 2. The van der Waals surface area contributed by atoms with Gasteiger partial charge in [-0.2, -0.15) is 0 Å². The summed E-state index contributed by atoms with van der Waals surface area (Å²) in [5.41, 5.74) is 7.97. The van der Waals surface area contributed by atoms with Crippen LogP contribution in [0.1, 0.15) is 25.5 Å². The number of nitrogens with one attached hydrogen (secondary N) is 1. The number of halogens is 1. The molecule has 190 valence electrons. The number of aromatic nitrogens is 2. The summed E-state index contributed by atoms with van der Waals surface area (Å²) in [5, 5.41) is 2.98. The molecular formula is C28H27ClN4O4. The van der Waals surface area contributed by atoms with Gasteiger partial charge in [0.2, 0.25) is 11.8 Å². The predicted octanol–water partition coefficient (Wildman–Crippen LogP) is 3.89. The molecule has 3 N–H and O–H groups in total. The van der Waals surface area contributed by atoms with E-state index >= 15 is 0 Å². The first-order valence-corrected chi connectivity index (χ1v) is 12.2. The molecule has 1 unspecified atom stereocenters. The van der Waals surface area contributed by atoms with Crippen molar-refractivity contribution in [3.63, 3.8) is 0 Å². The van der Waals surface area contributed by atoms with Crippen LogP contribution in [0.15, 0.2) is 77.9 Å². The lowest BCUT2D eigenvalue weighted by Crippen LogP contribution is -2.41. The van der Waals surface area contributed by atoms with Crippen molar-refractivity contribution in [3.8, 4) is 16.9 Å². The Bertz CT molecular complexity index is 1480. The van der Waals surface area contributed by atoms with Crippen LogP contribution in [0.3, 0.4) is 0 Å². The lowest BCUT2D eigenvalue weighted by atomic mass is 10.00. The van der Waals surface area contributed by atoms with Crippen LogP contribution in [0.2, 0.25) is 5.02 Å². The number of carbonyl (C=O) groups is 2. The predicted molar refractivity (Wildman–Crippen MR) is 144 cm³/mol. The minimum absolute atomic E-state index is 0.109. The van der Waals surface area contributed by atoms with Crippen LogP contribution in [0.5, 0.6) is 5.75 Å². The summed E-state index contributed by atoms with van der Waals surface area (Å²) in [6.45, 7) is 3.39. The Morgan fingerprint density at radius 3 is 2.35 bits per heavy atom. The summed E-state index contributed by atoms with van der Waals surface area (Å²) in [5.74, 6) is -0.795. The van der Waals surface area contributed by atoms with E-state index in [1.54, 1.807) is 12.1 Å². The number of primary amides is 1. The molecule has 0 fully saturated rings. The molecule has 3 aromatic carbocycles. The zero-order valence-corrected chi connectivity index (χ0v) is 21.2. The molecule has 2 amide bonds. The van der Waals surface area contributed by atoms with Crippen LogP contribution in [0, 0.1) is 0 Å². The maximum atomic E-state index is 13.5. The van der Waals surface area contributed by atoms with Crippen LogP contribution < -0.4 is 21.3 Å². The molecule has 1 heterocycles. The number of hydrogen-bond acceptors (Lipinski definition) is 5. The van der Waals surface area contributed by atoms with Crippen molar-refractivity contribution in [1.29, 1.82) is 0 Å². The van der Waals surface area contributed by atoms with E-state index in [-0.39, 0.29) is 35.0 Å². The Labute approximate surface area is 219 Å². The van der Waals surface area contributed by atoms with Crippen LogP contribution in [-0.4, -0.2) is 34.0 Å². The van der Waals surface area contributed by atoms with Crippen molar-refractivity contribution < 1.29 is 14.3 Å². The monoisotopic (exact) mass is 518 g/mol. The third-order valence-electron chi connectivity index (χ3n) is 5.78. The Hall–Kier alpha value is -4.17. The zero-order valence-electron chi connectivity index (χ0n) is 20.5. The maximum Gasteiger partial charge on any atom is 0.261 e. The Morgan fingerprint density at radius 2 is 1.70 bits per heavy atom. The first-order valence-electron chi connectivity index (χ1n) is 11.8. The molecule has 0 saturated heterocycles. The summed E-state index contributed by atoms with van der Waals surface area (Å²) in [6, 6.07) is 19.9. The molecule has 4 aromatic rings. The average Bonchev–Trinajstić information content (AvgIpc) is 2.89. The molecular weight excluding hydrogens is 492 g/mol. The van der Waals surface area contributed by atoms with Crippen molar-refractivity contribution in [2.75, 3.05) is 6.54 Å². The normalized spacial score (nSPS) is 11.9. The molecule has 0 spiro atoms. The standard InChI is InChI=1S/C28H27ClN4O4/c1-17(2)37-23-13-12-21-26(25(23)29)32-16-33(28(21)36)22(27(35)31-15-24(30)34)14-18-8-10-20(11-9-18)19-6-4-3-5-7-19/h3-13,16-17,22H,14-15H2,1-2H3,(H2,30,34)(H,31,35). The molecule has 0 saturated carbocycles. The molecule has 8 nitrogen and oxygen atoms in total. The van der Waals surface area contributed by atoms with Crippen LogP contribution in [0.25, 0.3) is 22.0 Å². The van der Waals surface area contributed by atoms with Gasteiger partial charge in [0.05, 0.1) is 29.9 Å². The molecule has 1 atom stereocenters. The van der Waals surface area contributed by atoms with E-state index in [0.717, 1.165) is 16.7 Å². The number of nitrogens with zero attached hydrogens (tertiary/aromatic N) is 2. The fraction of sp³-hybridized carbons (Fsp3) is 0.214. The van der Waals surface area contributed by atoms with E-state index in [1.807, 2.05) is 68.4 Å². The Balaban J connectivity index is 1.71. The van der Waals surface area contributed by atoms with Crippen LogP contribution >= 0.6 is 11.6 Å². The van der Waals surface area contributed by atoms with Gasteiger partial charge >= 0.3 is 0 Å². The second kappa shape index (κ2) is 11.3. The number of nitrogens with two attached hydrogens (primary N) is 1. The van der Waals surface area contributed by atoms with Gasteiger partial charge in [-0.3, -0.25) is 19.0 Å². The van der Waals surface area contributed by atoms with Gasteiger partial charge in [-0.1, -0.05) is 66.2 Å². The molecule has 9 heteroatoms. The molecule has 0 aliphatic heterocycles. The minimum Gasteiger partial charge on any atom is -0.489 e. The quantitative estimate of drug-likeness (QED) is 0.348. The topological polar surface area (TPSA) is 116 Å². The molecule has 37 heavy (non-hydrogen) atoms. The molecule has 4 rings (SSSR count). The first-order chi connectivity index (χ1) is 17.7. The smallest absolute Gasteiger partial charge is 0.261 e. The summed E-state index contributed by atoms with van der Waals surface area (Å²) in [6.07, 6.45) is 1.37. The van der Waals surface area contributed by atoms with E-state index in [2.05, 4.69) is 10.3 Å². The third-order valence-corrected chi connectivity index (χ3v) is 6.15. The summed E-state index contributed by atoms with van der Waals surface area (Å²) in [7, 11) is 0. The highest BCUT2D eigenvalue weighted by Gasteiger charge is 2.24. The van der Waals surface area contributed by atoms with Crippen molar-refractivity contribution in [2.24, 2.45) is 5.73 Å². The molecule has 0 bridgehead atoms. The summed E-state index contributed by atoms with van der Waals surface area (Å²) < 4.78 is 6.95. The fourth-order valence-corrected chi connectivity index (χ4v) is 4.28. The van der Waals surface area contributed by atoms with Gasteiger partial charge in [-0.05, 0) is 42.7 Å². The number of fused-ring (bicyclic) bond motifs is 1. The van der Waals surface area contributed by atoms with Crippen LogP contribution in [0.4, 0.5) is 0 Å². The number of ether oxygens (including phenoxy) is 1. The number of carbonyl (C=O) groups excluding carboxylic acids is 2. The summed E-state index contributed by atoms with van der Waals surface area (Å²) in [4.78, 5) is 42.3. The molecule has 0 aliphatic carbocycles. The SMILES string of the molecule is CC(C)Oc1ccc2c(=O)n(C(Cc3ccc(-c4ccccc4)cc3)C(=O)NCC(N)=O)cnc2c1Cl. The molecule has 0 aliphatic rings. The summed E-state index contributed by atoms with van der Waals surface area (Å²) >= 11 is 6.47.